The van der Waals surface area contributed by atoms with Crippen LogP contribution in [0.1, 0.15) is 17.3 Å². The van der Waals surface area contributed by atoms with Crippen molar-refractivity contribution in [2.75, 3.05) is 37.7 Å². The second kappa shape index (κ2) is 8.62. The highest BCUT2D eigenvalue weighted by Gasteiger charge is 2.26. The lowest BCUT2D eigenvalue weighted by Gasteiger charge is -2.35. The van der Waals surface area contributed by atoms with E-state index in [1.807, 2.05) is 54.3 Å². The number of carbonyl (C=O) groups excluding carboxylic acids is 1. The maximum Gasteiger partial charge on any atom is 0.258 e. The molecule has 2 aromatic carbocycles. The van der Waals surface area contributed by atoms with Gasteiger partial charge in [-0.25, -0.2) is 19.6 Å². The minimum Gasteiger partial charge on any atom is -0.493 e. The van der Waals surface area contributed by atoms with Gasteiger partial charge in [-0.2, -0.15) is 5.10 Å². The molecule has 5 rings (SSSR count). The molecule has 162 valence electrons. The lowest BCUT2D eigenvalue weighted by Crippen LogP contribution is -2.49. The summed E-state index contributed by atoms with van der Waals surface area (Å²) < 4.78 is 7.41. The predicted octanol–water partition coefficient (Wildman–Crippen LogP) is 2.57. The van der Waals surface area contributed by atoms with E-state index in [1.54, 1.807) is 11.0 Å². The number of aromatic nitrogens is 5. The molecule has 9 heteroatoms. The summed E-state index contributed by atoms with van der Waals surface area (Å²) in [5, 5.41) is 6.07. The van der Waals surface area contributed by atoms with Crippen molar-refractivity contribution in [3.05, 3.63) is 67.0 Å². The van der Waals surface area contributed by atoms with Crippen LogP contribution in [0.2, 0.25) is 0 Å². The van der Waals surface area contributed by atoms with Crippen molar-refractivity contribution in [3.8, 4) is 11.6 Å². The van der Waals surface area contributed by atoms with E-state index in [9.17, 15) is 4.79 Å². The van der Waals surface area contributed by atoms with Gasteiger partial charge in [-0.05, 0) is 23.8 Å². The van der Waals surface area contributed by atoms with E-state index in [0.717, 1.165) is 16.6 Å². The van der Waals surface area contributed by atoms with Gasteiger partial charge in [-0.15, -0.1) is 0 Å². The van der Waals surface area contributed by atoms with Gasteiger partial charge in [0.2, 0.25) is 0 Å². The summed E-state index contributed by atoms with van der Waals surface area (Å²) >= 11 is 0. The lowest BCUT2D eigenvalue weighted by molar-refractivity contribution is 0.0744. The van der Waals surface area contributed by atoms with E-state index in [0.29, 0.717) is 49.9 Å². The van der Waals surface area contributed by atoms with Crippen LogP contribution < -0.4 is 9.64 Å². The standard InChI is InChI=1S/C23H23N7O2/c1-2-32-19-8-7-17-5-3-4-6-18(17)22(19)23(31)29-11-9-28(10-12-29)20-13-21(26-15-25-20)30-16-24-14-27-30/h3-8,13-16H,2,9-12H2,1H3. The normalized spacial score (nSPS) is 14.0. The smallest absolute Gasteiger partial charge is 0.258 e. The number of ether oxygens (including phenoxy) is 1. The van der Waals surface area contributed by atoms with Gasteiger partial charge in [0.15, 0.2) is 5.82 Å². The lowest BCUT2D eigenvalue weighted by atomic mass is 10.0. The molecule has 4 aromatic rings. The van der Waals surface area contributed by atoms with Crippen LogP contribution in [0, 0.1) is 0 Å². The van der Waals surface area contributed by atoms with Crippen molar-refractivity contribution >= 4 is 22.5 Å². The zero-order valence-corrected chi connectivity index (χ0v) is 17.8. The molecule has 0 unspecified atom stereocenters. The number of anilines is 1. The van der Waals surface area contributed by atoms with E-state index in [2.05, 4.69) is 25.0 Å². The summed E-state index contributed by atoms with van der Waals surface area (Å²) in [7, 11) is 0. The molecule has 9 nitrogen and oxygen atoms in total. The van der Waals surface area contributed by atoms with Crippen LogP contribution in [0.15, 0.2) is 61.4 Å². The summed E-state index contributed by atoms with van der Waals surface area (Å²) in [5.41, 5.74) is 0.633. The van der Waals surface area contributed by atoms with Gasteiger partial charge >= 0.3 is 0 Å². The molecule has 0 N–H and O–H groups in total. The zero-order chi connectivity index (χ0) is 21.9. The number of fused-ring (bicyclic) bond motifs is 1. The molecule has 1 amide bonds. The molecule has 1 fully saturated rings. The highest BCUT2D eigenvalue weighted by atomic mass is 16.5. The Hall–Kier alpha value is -4.01. The molecule has 0 radical (unpaired) electrons. The Kier molecular flexibility index (Phi) is 5.37. The van der Waals surface area contributed by atoms with Gasteiger partial charge in [-0.3, -0.25) is 4.79 Å². The molecular weight excluding hydrogens is 406 g/mol. The van der Waals surface area contributed by atoms with Gasteiger partial charge in [0.05, 0.1) is 12.2 Å². The van der Waals surface area contributed by atoms with Gasteiger partial charge < -0.3 is 14.5 Å². The van der Waals surface area contributed by atoms with Crippen molar-refractivity contribution in [2.24, 2.45) is 0 Å². The molecule has 3 heterocycles. The highest BCUT2D eigenvalue weighted by molar-refractivity contribution is 6.09. The topological polar surface area (TPSA) is 89.3 Å². The fraction of sp³-hybridized carbons (Fsp3) is 0.261. The van der Waals surface area contributed by atoms with Crippen molar-refractivity contribution < 1.29 is 9.53 Å². The maximum atomic E-state index is 13.5. The molecule has 32 heavy (non-hydrogen) atoms. The Morgan fingerprint density at radius 2 is 1.81 bits per heavy atom. The Morgan fingerprint density at radius 1 is 1.00 bits per heavy atom. The summed E-state index contributed by atoms with van der Waals surface area (Å²) in [6.07, 6.45) is 4.59. The summed E-state index contributed by atoms with van der Waals surface area (Å²) in [4.78, 5) is 30.2. The zero-order valence-electron chi connectivity index (χ0n) is 17.8. The van der Waals surface area contributed by atoms with E-state index < -0.39 is 0 Å². The molecule has 0 atom stereocenters. The second-order valence-corrected chi connectivity index (χ2v) is 7.45. The quantitative estimate of drug-likeness (QED) is 0.482. The van der Waals surface area contributed by atoms with Crippen molar-refractivity contribution in [2.45, 2.75) is 6.92 Å². The number of hydrogen-bond acceptors (Lipinski definition) is 7. The van der Waals surface area contributed by atoms with Crippen molar-refractivity contribution in [1.29, 1.82) is 0 Å². The molecule has 2 aromatic heterocycles. The predicted molar refractivity (Wildman–Crippen MR) is 120 cm³/mol. The molecule has 0 spiro atoms. The van der Waals surface area contributed by atoms with Gasteiger partial charge in [0, 0.05) is 32.2 Å². The van der Waals surface area contributed by atoms with Gasteiger partial charge in [0.25, 0.3) is 5.91 Å². The van der Waals surface area contributed by atoms with Crippen LogP contribution in [0.25, 0.3) is 16.6 Å². The Labute approximate surface area is 185 Å². The average Bonchev–Trinajstić information content (AvgIpc) is 3.39. The van der Waals surface area contributed by atoms with Crippen molar-refractivity contribution in [3.63, 3.8) is 0 Å². The minimum atomic E-state index is -0.00380. The number of nitrogens with zero attached hydrogens (tertiary/aromatic N) is 7. The van der Waals surface area contributed by atoms with Crippen LogP contribution in [-0.2, 0) is 0 Å². The van der Waals surface area contributed by atoms with Crippen LogP contribution in [0.5, 0.6) is 5.75 Å². The molecule has 0 saturated carbocycles. The first kappa shape index (κ1) is 19.9. The fourth-order valence-corrected chi connectivity index (χ4v) is 4.01. The largest absolute Gasteiger partial charge is 0.493 e. The Balaban J connectivity index is 1.36. The minimum absolute atomic E-state index is 0.00380. The second-order valence-electron chi connectivity index (χ2n) is 7.45. The molecule has 1 saturated heterocycles. The molecule has 0 bridgehead atoms. The number of rotatable bonds is 5. The van der Waals surface area contributed by atoms with Crippen LogP contribution in [-0.4, -0.2) is 68.3 Å². The SMILES string of the molecule is CCOc1ccc2ccccc2c1C(=O)N1CCN(c2cc(-n3cncn3)ncn2)CC1. The number of hydrogen-bond donors (Lipinski definition) is 0. The first-order valence-corrected chi connectivity index (χ1v) is 10.6. The highest BCUT2D eigenvalue weighted by Crippen LogP contribution is 2.30. The van der Waals surface area contributed by atoms with E-state index in [4.69, 9.17) is 4.74 Å². The number of carbonyl (C=O) groups is 1. The first-order valence-electron chi connectivity index (χ1n) is 10.6. The van der Waals surface area contributed by atoms with Crippen LogP contribution >= 0.6 is 0 Å². The third-order valence-corrected chi connectivity index (χ3v) is 5.59. The monoisotopic (exact) mass is 429 g/mol. The Morgan fingerprint density at radius 3 is 2.59 bits per heavy atom. The summed E-state index contributed by atoms with van der Waals surface area (Å²) in [6, 6.07) is 13.7. The van der Waals surface area contributed by atoms with Crippen molar-refractivity contribution in [1.82, 2.24) is 29.6 Å². The van der Waals surface area contributed by atoms with E-state index in [-0.39, 0.29) is 5.91 Å². The summed E-state index contributed by atoms with van der Waals surface area (Å²) in [6.45, 7) is 4.97. The van der Waals surface area contributed by atoms with E-state index >= 15 is 0 Å². The van der Waals surface area contributed by atoms with Crippen LogP contribution in [0.3, 0.4) is 0 Å². The third kappa shape index (κ3) is 3.73. The maximum absolute atomic E-state index is 13.5. The Bertz CT molecular complexity index is 1230. The molecule has 1 aliphatic rings. The molecular formula is C23H23N7O2. The number of benzene rings is 2. The number of piperazine rings is 1. The fourth-order valence-electron chi connectivity index (χ4n) is 4.01. The van der Waals surface area contributed by atoms with Gasteiger partial charge in [0.1, 0.15) is 30.5 Å². The molecule has 1 aliphatic heterocycles. The average molecular weight is 429 g/mol. The number of amides is 1. The van der Waals surface area contributed by atoms with Crippen LogP contribution in [0.4, 0.5) is 5.82 Å². The first-order chi connectivity index (χ1) is 15.7. The third-order valence-electron chi connectivity index (χ3n) is 5.59. The molecule has 0 aliphatic carbocycles. The van der Waals surface area contributed by atoms with E-state index in [1.165, 1.54) is 12.7 Å². The summed E-state index contributed by atoms with van der Waals surface area (Å²) in [5.74, 6) is 2.09. The van der Waals surface area contributed by atoms with Gasteiger partial charge in [-0.1, -0.05) is 30.3 Å².